The van der Waals surface area contributed by atoms with Gasteiger partial charge < -0.3 is 9.47 Å². The lowest BCUT2D eigenvalue weighted by molar-refractivity contribution is -0.149. The molecule has 0 N–H and O–H groups in total. The van der Waals surface area contributed by atoms with E-state index in [0.717, 1.165) is 17.3 Å². The number of nitrogens with zero attached hydrogens (tertiary/aromatic N) is 1. The molecule has 1 saturated heterocycles. The molecule has 0 spiro atoms. The van der Waals surface area contributed by atoms with Crippen molar-refractivity contribution in [3.8, 4) is 5.75 Å². The third kappa shape index (κ3) is 4.40. The molecule has 1 fully saturated rings. The van der Waals surface area contributed by atoms with Crippen LogP contribution in [0, 0.1) is 0 Å². The van der Waals surface area contributed by atoms with E-state index in [0.29, 0.717) is 11.3 Å². The Labute approximate surface area is 161 Å². The second-order valence-electron chi connectivity index (χ2n) is 5.88. The summed E-state index contributed by atoms with van der Waals surface area (Å²) in [5, 5.41) is -1.63. The quantitative estimate of drug-likeness (QED) is 0.318. The van der Waals surface area contributed by atoms with Crippen LogP contribution >= 0.6 is 23.4 Å². The van der Waals surface area contributed by atoms with Crippen molar-refractivity contribution < 1.29 is 23.9 Å². The molecule has 0 saturated carbocycles. The fraction of sp³-hybridized carbons (Fsp3) is 0.389. The van der Waals surface area contributed by atoms with E-state index >= 15 is 0 Å². The highest BCUT2D eigenvalue weighted by Gasteiger charge is 2.51. The zero-order chi connectivity index (χ0) is 19.4. The maximum Gasteiger partial charge on any atom is 0.355 e. The van der Waals surface area contributed by atoms with E-state index in [9.17, 15) is 14.4 Å². The zero-order valence-electron chi connectivity index (χ0n) is 14.9. The number of alkyl halides is 1. The molecule has 0 unspecified atom stereocenters. The van der Waals surface area contributed by atoms with Crippen LogP contribution in [-0.2, 0) is 25.7 Å². The van der Waals surface area contributed by atoms with Crippen molar-refractivity contribution in [3.63, 3.8) is 0 Å². The van der Waals surface area contributed by atoms with E-state index in [1.54, 1.807) is 45.2 Å². The largest absolute Gasteiger partial charge is 0.497 e. The highest BCUT2D eigenvalue weighted by atomic mass is 35.5. The average molecular weight is 398 g/mol. The number of β-lactam (4-membered cyclic amide) rings is 1. The number of carbonyl (C=O) groups excluding carboxylic acids is 3. The third-order valence-corrected chi connectivity index (χ3v) is 5.33. The van der Waals surface area contributed by atoms with E-state index < -0.39 is 22.6 Å². The van der Waals surface area contributed by atoms with Gasteiger partial charge in [0.25, 0.3) is 0 Å². The first-order chi connectivity index (χ1) is 12.3. The lowest BCUT2D eigenvalue weighted by Crippen LogP contribution is -2.61. The number of allylic oxidation sites excluding steroid dienone is 1. The van der Waals surface area contributed by atoms with E-state index in [-0.39, 0.29) is 17.4 Å². The topological polar surface area (TPSA) is 72.9 Å². The summed E-state index contributed by atoms with van der Waals surface area (Å²) in [6.07, 6.45) is 0. The predicted molar refractivity (Wildman–Crippen MR) is 99.7 cm³/mol. The van der Waals surface area contributed by atoms with Crippen LogP contribution < -0.4 is 4.74 Å². The molecular weight excluding hydrogens is 378 g/mol. The van der Waals surface area contributed by atoms with Gasteiger partial charge >= 0.3 is 5.97 Å². The monoisotopic (exact) mass is 397 g/mol. The van der Waals surface area contributed by atoms with E-state index in [4.69, 9.17) is 21.1 Å². The molecule has 6 nitrogen and oxygen atoms in total. The molecule has 26 heavy (non-hydrogen) atoms. The Morgan fingerprint density at radius 2 is 1.81 bits per heavy atom. The van der Waals surface area contributed by atoms with Crippen LogP contribution in [0.4, 0.5) is 0 Å². The van der Waals surface area contributed by atoms with Gasteiger partial charge in [-0.2, -0.15) is 0 Å². The van der Waals surface area contributed by atoms with E-state index in [1.165, 1.54) is 11.8 Å². The molecule has 1 amide bonds. The van der Waals surface area contributed by atoms with Gasteiger partial charge in [0.05, 0.1) is 7.11 Å². The van der Waals surface area contributed by atoms with Gasteiger partial charge in [0.2, 0.25) is 5.91 Å². The number of thioether (sulfide) groups is 1. The minimum absolute atomic E-state index is 0.0520. The first-order valence-corrected chi connectivity index (χ1v) is 9.19. The number of benzene rings is 1. The van der Waals surface area contributed by atoms with Gasteiger partial charge in [0.1, 0.15) is 28.8 Å². The molecule has 2 rings (SSSR count). The minimum atomic E-state index is -0.840. The van der Waals surface area contributed by atoms with Crippen molar-refractivity contribution >= 4 is 40.4 Å². The number of likely N-dealkylation sites (tertiary alicyclic amines) is 1. The van der Waals surface area contributed by atoms with Gasteiger partial charge in [0, 0.05) is 6.92 Å². The van der Waals surface area contributed by atoms with Crippen LogP contribution in [0.15, 0.2) is 35.5 Å². The van der Waals surface area contributed by atoms with Crippen LogP contribution in [-0.4, -0.2) is 39.8 Å². The normalized spacial score (nSPS) is 18.8. The Balaban J connectivity index is 2.11. The predicted octanol–water partition coefficient (Wildman–Crippen LogP) is 3.09. The molecule has 1 aliphatic heterocycles. The Kier molecular flexibility index (Phi) is 6.72. The summed E-state index contributed by atoms with van der Waals surface area (Å²) < 4.78 is 10.4. The fourth-order valence-corrected chi connectivity index (χ4v) is 3.69. The molecule has 1 aromatic rings. The van der Waals surface area contributed by atoms with Crippen molar-refractivity contribution in [1.82, 2.24) is 4.90 Å². The lowest BCUT2D eigenvalue weighted by Gasteiger charge is -2.43. The van der Waals surface area contributed by atoms with Crippen LogP contribution in [0.3, 0.4) is 0 Å². The second-order valence-corrected chi connectivity index (χ2v) is 7.65. The number of rotatable bonds is 6. The third-order valence-electron chi connectivity index (χ3n) is 3.70. The highest BCUT2D eigenvalue weighted by molar-refractivity contribution is 8.14. The number of amides is 1. The summed E-state index contributed by atoms with van der Waals surface area (Å²) in [5.41, 5.74) is 1.52. The molecule has 1 aromatic carbocycles. The fourth-order valence-electron chi connectivity index (χ4n) is 2.43. The van der Waals surface area contributed by atoms with E-state index in [2.05, 4.69) is 0 Å². The van der Waals surface area contributed by atoms with Crippen LogP contribution in [0.5, 0.6) is 5.75 Å². The Morgan fingerprint density at radius 1 is 1.19 bits per heavy atom. The maximum atomic E-state index is 12.6. The van der Waals surface area contributed by atoms with Crippen molar-refractivity contribution in [2.45, 2.75) is 38.1 Å². The van der Waals surface area contributed by atoms with E-state index in [1.807, 2.05) is 0 Å². The van der Waals surface area contributed by atoms with Crippen LogP contribution in [0.1, 0.15) is 26.3 Å². The molecule has 2 atom stereocenters. The average Bonchev–Trinajstić information content (AvgIpc) is 2.62. The van der Waals surface area contributed by atoms with Crippen molar-refractivity contribution in [1.29, 1.82) is 0 Å². The first-order valence-electron chi connectivity index (χ1n) is 7.88. The van der Waals surface area contributed by atoms with Gasteiger partial charge in [-0.05, 0) is 37.1 Å². The van der Waals surface area contributed by atoms with Gasteiger partial charge in [-0.15, -0.1) is 11.6 Å². The number of halogens is 1. The maximum absolute atomic E-state index is 12.6. The van der Waals surface area contributed by atoms with Gasteiger partial charge in [0.15, 0.2) is 5.12 Å². The zero-order valence-corrected chi connectivity index (χ0v) is 16.5. The second kappa shape index (κ2) is 8.60. The van der Waals surface area contributed by atoms with Crippen LogP contribution in [0.2, 0.25) is 0 Å². The smallest absolute Gasteiger partial charge is 0.355 e. The Hall–Kier alpha value is -1.99. The van der Waals surface area contributed by atoms with Gasteiger partial charge in [-0.1, -0.05) is 23.9 Å². The van der Waals surface area contributed by atoms with Crippen molar-refractivity contribution in [2.75, 3.05) is 7.11 Å². The van der Waals surface area contributed by atoms with Gasteiger partial charge in [-0.3, -0.25) is 14.5 Å². The summed E-state index contributed by atoms with van der Waals surface area (Å²) in [6, 6.07) is 7.10. The molecule has 140 valence electrons. The highest BCUT2D eigenvalue weighted by Crippen LogP contribution is 2.38. The van der Waals surface area contributed by atoms with Crippen molar-refractivity contribution in [2.24, 2.45) is 0 Å². The molecule has 1 aliphatic rings. The van der Waals surface area contributed by atoms with Crippen molar-refractivity contribution in [3.05, 3.63) is 41.1 Å². The molecule has 0 radical (unpaired) electrons. The number of esters is 1. The summed E-state index contributed by atoms with van der Waals surface area (Å²) in [5.74, 6) is -0.344. The number of methoxy groups -OCH3 is 1. The molecule has 0 aliphatic carbocycles. The molecule has 8 heteroatoms. The van der Waals surface area contributed by atoms with Crippen LogP contribution in [0.25, 0.3) is 0 Å². The number of carbonyl (C=O) groups is 3. The molecule has 0 bridgehead atoms. The number of ether oxygens (including phenoxy) is 2. The summed E-state index contributed by atoms with van der Waals surface area (Å²) in [4.78, 5) is 37.4. The molecule has 1 heterocycles. The first kappa shape index (κ1) is 20.3. The molecular formula is C18H20ClNO5S. The number of hydrogen-bond donors (Lipinski definition) is 0. The Bertz CT molecular complexity index is 742. The van der Waals surface area contributed by atoms with Gasteiger partial charge in [-0.25, -0.2) is 4.79 Å². The minimum Gasteiger partial charge on any atom is -0.497 e. The lowest BCUT2D eigenvalue weighted by atomic mass is 10.1. The number of hydrogen-bond acceptors (Lipinski definition) is 6. The summed E-state index contributed by atoms with van der Waals surface area (Å²) >= 11 is 6.93. The summed E-state index contributed by atoms with van der Waals surface area (Å²) in [6.45, 7) is 4.85. The summed E-state index contributed by atoms with van der Waals surface area (Å²) in [7, 11) is 1.57. The Morgan fingerprint density at radius 3 is 2.31 bits per heavy atom. The standard InChI is InChI=1S/C18H20ClNO5S/c1-10(2)15(20-16(22)14(19)17(20)26-11(3)21)18(23)25-9-12-5-7-13(24-4)8-6-12/h5-8,14,17H,9H2,1-4H3/t14-,17+/m0/s1. The SMILES string of the molecule is COc1ccc(COC(=O)C(=C(C)C)N2C(=O)[C@H](Cl)[C@H]2SC(C)=O)cc1. The molecule has 0 aromatic heterocycles.